The van der Waals surface area contributed by atoms with Crippen LogP contribution >= 0.6 is 28.1 Å². The molecule has 8 heteroatoms. The lowest BCUT2D eigenvalue weighted by atomic mass is 9.87. The number of benzene rings is 3. The van der Waals surface area contributed by atoms with E-state index in [-0.39, 0.29) is 17.1 Å². The van der Waals surface area contributed by atoms with Gasteiger partial charge in [-0.05, 0) is 73.7 Å². The fourth-order valence-corrected chi connectivity index (χ4v) is 3.78. The Morgan fingerprint density at radius 2 is 1.76 bits per heavy atom. The second kappa shape index (κ2) is 11.3. The van der Waals surface area contributed by atoms with Gasteiger partial charge in [0.2, 0.25) is 5.91 Å². The van der Waals surface area contributed by atoms with Crippen molar-refractivity contribution in [2.75, 3.05) is 6.61 Å². The Hall–Kier alpha value is -3.23. The van der Waals surface area contributed by atoms with Crippen LogP contribution in [0.15, 0.2) is 71.2 Å². The van der Waals surface area contributed by atoms with Crippen LogP contribution in [0.25, 0.3) is 16.8 Å². The highest BCUT2D eigenvalue weighted by Crippen LogP contribution is 2.31. The van der Waals surface area contributed by atoms with Crippen molar-refractivity contribution in [2.45, 2.75) is 26.2 Å². The van der Waals surface area contributed by atoms with Gasteiger partial charge in [-0.1, -0.05) is 69.3 Å². The van der Waals surface area contributed by atoms with Crippen molar-refractivity contribution < 1.29 is 14.3 Å². The zero-order chi connectivity index (χ0) is 24.7. The standard InChI is InChI=1S/C26H26BrN3O3S/c1-26(2,3)19-12-13-22(21(27)15-19)33-16-24(32)29-30-25(34)28-23(31)14-11-18-9-6-8-17-7-4-5-10-20(17)18/h4-15H,16H2,1-3H3,(H,29,32)(H2,28,30,31,34)/b14-11-. The predicted molar refractivity (Wildman–Crippen MR) is 143 cm³/mol. The van der Waals surface area contributed by atoms with Crippen LogP contribution in [-0.4, -0.2) is 23.5 Å². The molecule has 3 aromatic carbocycles. The molecule has 3 N–H and O–H groups in total. The van der Waals surface area contributed by atoms with Crippen LogP contribution in [0.1, 0.15) is 31.9 Å². The lowest BCUT2D eigenvalue weighted by Gasteiger charge is -2.20. The van der Waals surface area contributed by atoms with Crippen LogP contribution in [0.2, 0.25) is 0 Å². The van der Waals surface area contributed by atoms with Crippen molar-refractivity contribution in [3.05, 3.63) is 82.3 Å². The van der Waals surface area contributed by atoms with E-state index >= 15 is 0 Å². The fraction of sp³-hybridized carbons (Fsp3) is 0.192. The molecule has 0 fully saturated rings. The van der Waals surface area contributed by atoms with E-state index in [1.165, 1.54) is 6.08 Å². The third kappa shape index (κ3) is 7.13. The molecule has 0 aliphatic heterocycles. The molecule has 0 aliphatic carbocycles. The van der Waals surface area contributed by atoms with Gasteiger partial charge in [0.05, 0.1) is 4.47 Å². The second-order valence-electron chi connectivity index (χ2n) is 8.58. The van der Waals surface area contributed by atoms with Crippen LogP contribution in [0.5, 0.6) is 5.75 Å². The average molecular weight is 540 g/mol. The minimum atomic E-state index is -0.449. The van der Waals surface area contributed by atoms with Crippen molar-refractivity contribution in [2.24, 2.45) is 0 Å². The number of rotatable bonds is 5. The number of ether oxygens (including phenoxy) is 1. The molecule has 0 radical (unpaired) electrons. The molecule has 3 aromatic rings. The number of hydrogen-bond donors (Lipinski definition) is 3. The van der Waals surface area contributed by atoms with Crippen LogP contribution in [0.3, 0.4) is 0 Å². The minimum absolute atomic E-state index is 0.00649. The molecule has 0 aliphatic rings. The molecule has 6 nitrogen and oxygen atoms in total. The van der Waals surface area contributed by atoms with Gasteiger partial charge in [0.1, 0.15) is 5.75 Å². The number of amides is 2. The van der Waals surface area contributed by atoms with Crippen LogP contribution in [0.4, 0.5) is 0 Å². The Morgan fingerprint density at radius 3 is 2.50 bits per heavy atom. The number of hydrogen-bond acceptors (Lipinski definition) is 4. The van der Waals surface area contributed by atoms with Gasteiger partial charge in [0.25, 0.3) is 5.91 Å². The first kappa shape index (κ1) is 25.4. The molecule has 0 spiro atoms. The lowest BCUT2D eigenvalue weighted by Crippen LogP contribution is -2.49. The quantitative estimate of drug-likeness (QED) is 0.241. The summed E-state index contributed by atoms with van der Waals surface area (Å²) < 4.78 is 6.33. The number of carbonyl (C=O) groups is 2. The van der Waals surface area contributed by atoms with Crippen LogP contribution in [-0.2, 0) is 15.0 Å². The van der Waals surface area contributed by atoms with Gasteiger partial charge in [0.15, 0.2) is 11.7 Å². The Balaban J connectivity index is 1.45. The summed E-state index contributed by atoms with van der Waals surface area (Å²) in [5.41, 5.74) is 6.97. The third-order valence-electron chi connectivity index (χ3n) is 4.95. The monoisotopic (exact) mass is 539 g/mol. The van der Waals surface area contributed by atoms with Crippen molar-refractivity contribution in [1.29, 1.82) is 0 Å². The zero-order valence-electron chi connectivity index (χ0n) is 19.1. The molecule has 0 atom stereocenters. The smallest absolute Gasteiger partial charge is 0.276 e. The third-order valence-corrected chi connectivity index (χ3v) is 5.77. The summed E-state index contributed by atoms with van der Waals surface area (Å²) in [7, 11) is 0. The average Bonchev–Trinajstić information content (AvgIpc) is 2.80. The molecule has 0 saturated heterocycles. The molecule has 0 bridgehead atoms. The largest absolute Gasteiger partial charge is 0.483 e. The maximum absolute atomic E-state index is 12.2. The summed E-state index contributed by atoms with van der Waals surface area (Å²) in [6.45, 7) is 6.14. The van der Waals surface area contributed by atoms with E-state index in [9.17, 15) is 9.59 Å². The molecule has 0 aromatic heterocycles. The molecular weight excluding hydrogens is 514 g/mol. The molecule has 0 saturated carbocycles. The van der Waals surface area contributed by atoms with E-state index in [2.05, 4.69) is 52.9 Å². The first-order valence-electron chi connectivity index (χ1n) is 10.6. The van der Waals surface area contributed by atoms with E-state index in [4.69, 9.17) is 17.0 Å². The summed E-state index contributed by atoms with van der Waals surface area (Å²) in [5, 5.41) is 4.59. The summed E-state index contributed by atoms with van der Waals surface area (Å²) in [6.07, 6.45) is 3.11. The normalized spacial score (nSPS) is 11.3. The SMILES string of the molecule is CC(C)(C)c1ccc(OCC(=O)NNC(=S)NC(=O)/C=C\c2cccc3ccccc23)c(Br)c1. The molecule has 3 rings (SSSR count). The Kier molecular flexibility index (Phi) is 8.41. The van der Waals surface area contributed by atoms with E-state index in [1.807, 2.05) is 60.7 Å². The molecule has 34 heavy (non-hydrogen) atoms. The number of hydrazine groups is 1. The van der Waals surface area contributed by atoms with Gasteiger partial charge >= 0.3 is 0 Å². The van der Waals surface area contributed by atoms with E-state index in [0.29, 0.717) is 5.75 Å². The molecule has 2 amide bonds. The Labute approximate surface area is 212 Å². The van der Waals surface area contributed by atoms with Gasteiger partial charge in [-0.2, -0.15) is 0 Å². The van der Waals surface area contributed by atoms with Crippen LogP contribution < -0.4 is 20.9 Å². The van der Waals surface area contributed by atoms with Gasteiger partial charge in [-0.25, -0.2) is 0 Å². The Bertz CT molecular complexity index is 1250. The molecule has 0 heterocycles. The summed E-state index contributed by atoms with van der Waals surface area (Å²) in [4.78, 5) is 24.3. The maximum Gasteiger partial charge on any atom is 0.276 e. The van der Waals surface area contributed by atoms with Crippen molar-refractivity contribution in [3.8, 4) is 5.75 Å². The molecule has 176 valence electrons. The van der Waals surface area contributed by atoms with E-state index in [1.54, 1.807) is 6.08 Å². The van der Waals surface area contributed by atoms with Gasteiger partial charge in [-0.15, -0.1) is 0 Å². The topological polar surface area (TPSA) is 79.5 Å². The van der Waals surface area contributed by atoms with Crippen molar-refractivity contribution >= 4 is 61.9 Å². The number of fused-ring (bicyclic) bond motifs is 1. The summed E-state index contributed by atoms with van der Waals surface area (Å²) in [6, 6.07) is 19.5. The minimum Gasteiger partial charge on any atom is -0.483 e. The highest BCUT2D eigenvalue weighted by atomic mass is 79.9. The predicted octanol–water partition coefficient (Wildman–Crippen LogP) is 5.01. The van der Waals surface area contributed by atoms with Crippen molar-refractivity contribution in [3.63, 3.8) is 0 Å². The molecular formula is C26H26BrN3O3S. The van der Waals surface area contributed by atoms with Gasteiger partial charge in [-0.3, -0.25) is 25.8 Å². The van der Waals surface area contributed by atoms with Crippen molar-refractivity contribution in [1.82, 2.24) is 16.2 Å². The first-order valence-corrected chi connectivity index (χ1v) is 11.8. The van der Waals surface area contributed by atoms with E-state index in [0.717, 1.165) is 26.4 Å². The zero-order valence-corrected chi connectivity index (χ0v) is 21.5. The van der Waals surface area contributed by atoms with Gasteiger partial charge < -0.3 is 4.74 Å². The van der Waals surface area contributed by atoms with Crippen LogP contribution in [0, 0.1) is 0 Å². The lowest BCUT2D eigenvalue weighted by molar-refractivity contribution is -0.123. The first-order chi connectivity index (χ1) is 16.1. The number of nitrogens with one attached hydrogen (secondary N) is 3. The summed E-state index contributed by atoms with van der Waals surface area (Å²) in [5.74, 6) is -0.314. The highest BCUT2D eigenvalue weighted by molar-refractivity contribution is 9.10. The second-order valence-corrected chi connectivity index (χ2v) is 9.84. The number of halogens is 1. The Morgan fingerprint density at radius 1 is 1.03 bits per heavy atom. The highest BCUT2D eigenvalue weighted by Gasteiger charge is 2.15. The van der Waals surface area contributed by atoms with Gasteiger partial charge in [0, 0.05) is 6.08 Å². The number of carbonyl (C=O) groups excluding carboxylic acids is 2. The van der Waals surface area contributed by atoms with E-state index < -0.39 is 11.8 Å². The number of thiocarbonyl (C=S) groups is 1. The fourth-order valence-electron chi connectivity index (χ4n) is 3.14. The maximum atomic E-state index is 12.2. The molecule has 0 unspecified atom stereocenters. The summed E-state index contributed by atoms with van der Waals surface area (Å²) >= 11 is 8.54.